The molecule has 0 fully saturated rings. The molecule has 0 saturated heterocycles. The van der Waals surface area contributed by atoms with E-state index in [1.165, 1.54) is 7.05 Å². The Hall–Kier alpha value is -2.63. The topological polar surface area (TPSA) is 72.7 Å². The van der Waals surface area contributed by atoms with Crippen molar-refractivity contribution >= 4 is 11.2 Å². The van der Waals surface area contributed by atoms with Crippen molar-refractivity contribution in [2.45, 2.75) is 26.3 Å². The highest BCUT2D eigenvalue weighted by Gasteiger charge is 2.15. The molecule has 0 atom stereocenters. The first-order chi connectivity index (χ1) is 10.6. The summed E-state index contributed by atoms with van der Waals surface area (Å²) in [6.07, 6.45) is 1.68. The molecule has 6 heteroatoms. The van der Waals surface area contributed by atoms with Gasteiger partial charge in [-0.1, -0.05) is 37.3 Å². The molecule has 0 aliphatic carbocycles. The molecule has 1 aromatic carbocycles. The lowest BCUT2D eigenvalue weighted by Gasteiger charge is -2.08. The van der Waals surface area contributed by atoms with Crippen LogP contribution in [0.3, 0.4) is 0 Å². The summed E-state index contributed by atoms with van der Waals surface area (Å²) in [7, 11) is 1.45. The fraction of sp³-hybridized carbons (Fsp3) is 0.312. The molecule has 2 heterocycles. The second-order valence-corrected chi connectivity index (χ2v) is 5.34. The molecule has 0 aliphatic heterocycles. The Labute approximate surface area is 127 Å². The molecule has 0 amide bonds. The van der Waals surface area contributed by atoms with Crippen molar-refractivity contribution in [2.75, 3.05) is 0 Å². The maximum absolute atomic E-state index is 12.2. The number of nitrogens with zero attached hydrogens (tertiary/aromatic N) is 3. The zero-order chi connectivity index (χ0) is 15.7. The summed E-state index contributed by atoms with van der Waals surface area (Å²) in [4.78, 5) is 31.4. The summed E-state index contributed by atoms with van der Waals surface area (Å²) in [6, 6.07) is 9.92. The number of rotatable bonds is 4. The van der Waals surface area contributed by atoms with Gasteiger partial charge in [0.25, 0.3) is 5.56 Å². The molecule has 3 aromatic rings. The predicted octanol–water partition coefficient (Wildman–Crippen LogP) is 1.42. The molecule has 0 unspecified atom stereocenters. The van der Waals surface area contributed by atoms with Crippen LogP contribution >= 0.6 is 0 Å². The average molecular weight is 298 g/mol. The van der Waals surface area contributed by atoms with Crippen molar-refractivity contribution in [1.29, 1.82) is 0 Å². The van der Waals surface area contributed by atoms with Gasteiger partial charge in [-0.25, -0.2) is 9.78 Å². The highest BCUT2D eigenvalue weighted by molar-refractivity contribution is 5.70. The largest absolute Gasteiger partial charge is 0.329 e. The van der Waals surface area contributed by atoms with Crippen LogP contribution in [0.4, 0.5) is 0 Å². The minimum absolute atomic E-state index is 0.321. The maximum Gasteiger partial charge on any atom is 0.329 e. The fourth-order valence-electron chi connectivity index (χ4n) is 2.56. The zero-order valence-electron chi connectivity index (χ0n) is 12.7. The van der Waals surface area contributed by atoms with Crippen LogP contribution < -0.4 is 11.2 Å². The van der Waals surface area contributed by atoms with E-state index in [1.54, 1.807) is 0 Å². The predicted molar refractivity (Wildman–Crippen MR) is 85.1 cm³/mol. The summed E-state index contributed by atoms with van der Waals surface area (Å²) >= 11 is 0. The number of aromatic amines is 1. The van der Waals surface area contributed by atoms with Gasteiger partial charge in [-0.3, -0.25) is 14.3 Å². The Bertz CT molecular complexity index is 919. The first-order valence-electron chi connectivity index (χ1n) is 7.34. The van der Waals surface area contributed by atoms with E-state index in [0.717, 1.165) is 28.8 Å². The van der Waals surface area contributed by atoms with E-state index < -0.39 is 5.69 Å². The number of aromatic nitrogens is 4. The van der Waals surface area contributed by atoms with Gasteiger partial charge in [-0.05, 0) is 12.0 Å². The Kier molecular flexibility index (Phi) is 3.66. The zero-order valence-corrected chi connectivity index (χ0v) is 12.7. The number of benzene rings is 1. The van der Waals surface area contributed by atoms with E-state index in [-0.39, 0.29) is 5.56 Å². The van der Waals surface area contributed by atoms with Gasteiger partial charge in [-0.15, -0.1) is 0 Å². The minimum Gasteiger partial charge on any atom is -0.309 e. The summed E-state index contributed by atoms with van der Waals surface area (Å²) in [5, 5.41) is 0. The highest BCUT2D eigenvalue weighted by Crippen LogP contribution is 2.14. The third-order valence-corrected chi connectivity index (χ3v) is 3.74. The van der Waals surface area contributed by atoms with Crippen LogP contribution in [0.2, 0.25) is 0 Å². The van der Waals surface area contributed by atoms with Crippen LogP contribution in [0.15, 0.2) is 39.9 Å². The third kappa shape index (κ3) is 2.36. The molecule has 2 aromatic heterocycles. The van der Waals surface area contributed by atoms with Gasteiger partial charge in [0, 0.05) is 13.5 Å². The van der Waals surface area contributed by atoms with Gasteiger partial charge in [0.1, 0.15) is 11.5 Å². The van der Waals surface area contributed by atoms with Gasteiger partial charge < -0.3 is 4.57 Å². The second-order valence-electron chi connectivity index (χ2n) is 5.34. The highest BCUT2D eigenvalue weighted by atomic mass is 16.2. The van der Waals surface area contributed by atoms with Crippen molar-refractivity contribution in [3.8, 4) is 0 Å². The van der Waals surface area contributed by atoms with Gasteiger partial charge in [0.05, 0.1) is 6.54 Å². The number of nitrogens with one attached hydrogen (secondary N) is 1. The van der Waals surface area contributed by atoms with E-state index >= 15 is 0 Å². The van der Waals surface area contributed by atoms with Crippen molar-refractivity contribution < 1.29 is 0 Å². The summed E-state index contributed by atoms with van der Waals surface area (Å²) in [6.45, 7) is 2.64. The van der Waals surface area contributed by atoms with E-state index in [2.05, 4.69) is 16.9 Å². The number of hydrogen-bond acceptors (Lipinski definition) is 3. The second kappa shape index (κ2) is 5.63. The molecule has 0 bridgehead atoms. The first kappa shape index (κ1) is 14.3. The SMILES string of the molecule is CCCc1nc2c(=O)n(C)c(=O)[nH]c2n1Cc1ccccc1. The molecule has 22 heavy (non-hydrogen) atoms. The number of fused-ring (bicyclic) bond motifs is 1. The third-order valence-electron chi connectivity index (χ3n) is 3.74. The van der Waals surface area contributed by atoms with Crippen LogP contribution in [0, 0.1) is 0 Å². The molecule has 1 N–H and O–H groups in total. The lowest BCUT2D eigenvalue weighted by atomic mass is 10.2. The minimum atomic E-state index is -0.422. The Morgan fingerprint density at radius 1 is 1.18 bits per heavy atom. The lowest BCUT2D eigenvalue weighted by molar-refractivity contribution is 0.712. The van der Waals surface area contributed by atoms with E-state index in [1.807, 2.05) is 34.9 Å². The van der Waals surface area contributed by atoms with Crippen molar-refractivity contribution in [3.05, 3.63) is 62.6 Å². The summed E-state index contributed by atoms with van der Waals surface area (Å²) in [5.41, 5.74) is 1.14. The van der Waals surface area contributed by atoms with Crippen molar-refractivity contribution in [2.24, 2.45) is 7.05 Å². The standard InChI is InChI=1S/C16H18N4O2/c1-3-7-12-17-13-14(18-16(22)19(2)15(13)21)20(12)10-11-8-5-4-6-9-11/h4-6,8-9H,3,7,10H2,1-2H3,(H,18,22). The molecule has 6 nitrogen and oxygen atoms in total. The Morgan fingerprint density at radius 2 is 1.91 bits per heavy atom. The van der Waals surface area contributed by atoms with Crippen LogP contribution in [-0.2, 0) is 20.0 Å². The normalized spacial score (nSPS) is 11.2. The van der Waals surface area contributed by atoms with E-state index in [4.69, 9.17) is 0 Å². The van der Waals surface area contributed by atoms with Gasteiger partial charge in [-0.2, -0.15) is 0 Å². The molecule has 3 rings (SSSR count). The molecule has 0 spiro atoms. The lowest BCUT2D eigenvalue weighted by Crippen LogP contribution is -2.32. The molecule has 0 saturated carbocycles. The van der Waals surface area contributed by atoms with Gasteiger partial charge >= 0.3 is 5.69 Å². The van der Waals surface area contributed by atoms with Crippen LogP contribution in [0.1, 0.15) is 24.7 Å². The molecule has 0 aliphatic rings. The number of imidazole rings is 1. The molecule has 0 radical (unpaired) electrons. The molecular weight excluding hydrogens is 280 g/mol. The van der Waals surface area contributed by atoms with Gasteiger partial charge in [0.15, 0.2) is 5.52 Å². The quantitative estimate of drug-likeness (QED) is 0.792. The average Bonchev–Trinajstić information content (AvgIpc) is 2.85. The van der Waals surface area contributed by atoms with E-state index in [9.17, 15) is 9.59 Å². The Morgan fingerprint density at radius 3 is 2.59 bits per heavy atom. The number of hydrogen-bond donors (Lipinski definition) is 1. The van der Waals surface area contributed by atoms with Crippen molar-refractivity contribution in [3.63, 3.8) is 0 Å². The smallest absolute Gasteiger partial charge is 0.309 e. The first-order valence-corrected chi connectivity index (χ1v) is 7.34. The Balaban J connectivity index is 2.24. The van der Waals surface area contributed by atoms with Gasteiger partial charge in [0.2, 0.25) is 0 Å². The summed E-state index contributed by atoms with van der Waals surface area (Å²) < 4.78 is 2.98. The fourth-order valence-corrected chi connectivity index (χ4v) is 2.56. The number of H-pyrrole nitrogens is 1. The maximum atomic E-state index is 12.2. The molecule has 114 valence electrons. The van der Waals surface area contributed by atoms with Crippen molar-refractivity contribution in [1.82, 2.24) is 19.1 Å². The molecular formula is C16H18N4O2. The van der Waals surface area contributed by atoms with Crippen LogP contribution in [-0.4, -0.2) is 19.1 Å². The monoisotopic (exact) mass is 298 g/mol. The van der Waals surface area contributed by atoms with Crippen LogP contribution in [0.5, 0.6) is 0 Å². The summed E-state index contributed by atoms with van der Waals surface area (Å²) in [5.74, 6) is 0.820. The van der Waals surface area contributed by atoms with E-state index in [0.29, 0.717) is 17.7 Å². The number of aryl methyl sites for hydroxylation is 1. The van der Waals surface area contributed by atoms with Crippen LogP contribution in [0.25, 0.3) is 11.2 Å².